The summed E-state index contributed by atoms with van der Waals surface area (Å²) < 4.78 is 6.57. The maximum absolute atomic E-state index is 6.57. The number of nitrogens with one attached hydrogen (secondary N) is 1. The summed E-state index contributed by atoms with van der Waals surface area (Å²) in [5, 5.41) is 4.89. The highest BCUT2D eigenvalue weighted by Gasteiger charge is 2.28. The van der Waals surface area contributed by atoms with E-state index in [2.05, 4.69) is 60.8 Å². The van der Waals surface area contributed by atoms with Crippen LogP contribution in [0.3, 0.4) is 0 Å². The number of allylic oxidation sites excluding steroid dienone is 2. The van der Waals surface area contributed by atoms with E-state index in [9.17, 15) is 0 Å². The van der Waals surface area contributed by atoms with Crippen molar-refractivity contribution in [3.05, 3.63) is 65.4 Å². The lowest BCUT2D eigenvalue weighted by Gasteiger charge is -2.25. The third kappa shape index (κ3) is 2.97. The number of rotatable bonds is 3. The molecule has 0 spiro atoms. The normalized spacial score (nSPS) is 17.6. The maximum atomic E-state index is 6.57. The van der Waals surface area contributed by atoms with Crippen LogP contribution in [0.5, 0.6) is 0 Å². The van der Waals surface area contributed by atoms with Crippen LogP contribution < -0.4 is 5.32 Å². The van der Waals surface area contributed by atoms with Crippen LogP contribution >= 0.6 is 0 Å². The van der Waals surface area contributed by atoms with Crippen LogP contribution in [0.4, 0.5) is 11.4 Å². The van der Waals surface area contributed by atoms with Crippen molar-refractivity contribution >= 4 is 27.9 Å². The van der Waals surface area contributed by atoms with Gasteiger partial charge < -0.3 is 9.73 Å². The predicted octanol–water partition coefficient (Wildman–Crippen LogP) is 7.39. The molecule has 27 heavy (non-hydrogen) atoms. The van der Waals surface area contributed by atoms with E-state index in [4.69, 9.17) is 4.42 Å². The van der Waals surface area contributed by atoms with Gasteiger partial charge in [0.1, 0.15) is 5.76 Å². The Morgan fingerprint density at radius 2 is 1.74 bits per heavy atom. The Morgan fingerprint density at radius 3 is 2.59 bits per heavy atom. The minimum Gasteiger partial charge on any atom is -0.454 e. The SMILES string of the molecule is Cc1ccccc1Nc1cccc2c3c(oc12)C(C1CCCCC1)=CCC3. The number of hydrogen-bond acceptors (Lipinski definition) is 2. The van der Waals surface area contributed by atoms with Crippen molar-refractivity contribution in [3.63, 3.8) is 0 Å². The minimum atomic E-state index is 0.686. The van der Waals surface area contributed by atoms with Crippen molar-refractivity contribution in [1.29, 1.82) is 0 Å². The molecule has 138 valence electrons. The zero-order valence-electron chi connectivity index (χ0n) is 16.1. The molecule has 1 N–H and O–H groups in total. The van der Waals surface area contributed by atoms with E-state index >= 15 is 0 Å². The molecule has 0 unspecified atom stereocenters. The van der Waals surface area contributed by atoms with Crippen LogP contribution in [0.2, 0.25) is 0 Å². The lowest BCUT2D eigenvalue weighted by molar-refractivity contribution is 0.420. The van der Waals surface area contributed by atoms with E-state index in [0.717, 1.165) is 29.8 Å². The minimum absolute atomic E-state index is 0.686. The zero-order chi connectivity index (χ0) is 18.2. The van der Waals surface area contributed by atoms with E-state index in [0.29, 0.717) is 5.92 Å². The third-order valence-electron chi connectivity index (χ3n) is 6.30. The van der Waals surface area contributed by atoms with E-state index in [-0.39, 0.29) is 0 Å². The van der Waals surface area contributed by atoms with Gasteiger partial charge in [-0.15, -0.1) is 0 Å². The van der Waals surface area contributed by atoms with Crippen molar-refractivity contribution < 1.29 is 4.42 Å². The van der Waals surface area contributed by atoms with Gasteiger partial charge in [-0.1, -0.05) is 55.7 Å². The summed E-state index contributed by atoms with van der Waals surface area (Å²) in [6.07, 6.45) is 11.4. The molecule has 0 atom stereocenters. The van der Waals surface area contributed by atoms with Gasteiger partial charge in [-0.25, -0.2) is 0 Å². The Morgan fingerprint density at radius 1 is 0.926 bits per heavy atom. The van der Waals surface area contributed by atoms with Crippen LogP contribution in [0, 0.1) is 12.8 Å². The van der Waals surface area contributed by atoms with Crippen molar-refractivity contribution in [2.75, 3.05) is 5.32 Å². The second-order valence-corrected chi connectivity index (χ2v) is 8.06. The first-order valence-corrected chi connectivity index (χ1v) is 10.4. The highest BCUT2D eigenvalue weighted by molar-refractivity contribution is 5.96. The molecule has 0 bridgehead atoms. The fraction of sp³-hybridized carbons (Fsp3) is 0.360. The Labute approximate surface area is 161 Å². The number of aryl methyl sites for hydroxylation is 2. The fourth-order valence-electron chi connectivity index (χ4n) is 4.84. The molecule has 5 rings (SSSR count). The van der Waals surface area contributed by atoms with Crippen LogP contribution in [0.1, 0.15) is 55.4 Å². The summed E-state index contributed by atoms with van der Waals surface area (Å²) in [5.41, 5.74) is 7.36. The Balaban J connectivity index is 1.58. The van der Waals surface area contributed by atoms with Gasteiger partial charge in [-0.3, -0.25) is 0 Å². The first-order chi connectivity index (χ1) is 13.3. The number of furan rings is 1. The topological polar surface area (TPSA) is 25.2 Å². The molecule has 0 aliphatic heterocycles. The quantitative estimate of drug-likeness (QED) is 0.528. The molecule has 0 radical (unpaired) electrons. The molecule has 0 saturated heterocycles. The smallest absolute Gasteiger partial charge is 0.158 e. The fourth-order valence-corrected chi connectivity index (χ4v) is 4.84. The van der Waals surface area contributed by atoms with Crippen molar-refractivity contribution in [2.24, 2.45) is 5.92 Å². The molecule has 0 amide bonds. The van der Waals surface area contributed by atoms with Gasteiger partial charge in [0.15, 0.2) is 5.58 Å². The standard InChI is InChI=1S/C25H27NO/c1-17-9-5-6-15-22(17)26-23-16-8-14-21-20-13-7-12-19(24(20)27-25(21)23)18-10-3-2-4-11-18/h5-6,8-9,12,14-16,18,26H,2-4,7,10-11,13H2,1H3. The molecule has 2 aliphatic carbocycles. The lowest BCUT2D eigenvalue weighted by Crippen LogP contribution is -2.11. The van der Waals surface area contributed by atoms with Crippen molar-refractivity contribution in [2.45, 2.75) is 51.9 Å². The number of para-hydroxylation sites is 2. The second kappa shape index (κ2) is 6.92. The monoisotopic (exact) mass is 357 g/mol. The Bertz CT molecular complexity index is 1000. The van der Waals surface area contributed by atoms with E-state index < -0.39 is 0 Å². The van der Waals surface area contributed by atoms with Gasteiger partial charge in [0.05, 0.1) is 5.69 Å². The van der Waals surface area contributed by atoms with Gasteiger partial charge in [0, 0.05) is 16.6 Å². The third-order valence-corrected chi connectivity index (χ3v) is 6.30. The number of benzene rings is 2. The highest BCUT2D eigenvalue weighted by Crippen LogP contribution is 2.44. The van der Waals surface area contributed by atoms with E-state index in [1.54, 1.807) is 0 Å². The lowest BCUT2D eigenvalue weighted by atomic mass is 9.79. The van der Waals surface area contributed by atoms with Gasteiger partial charge in [-0.2, -0.15) is 0 Å². The Hall–Kier alpha value is -2.48. The summed E-state index contributed by atoms with van der Waals surface area (Å²) in [6, 6.07) is 14.9. The average Bonchev–Trinajstić information content (AvgIpc) is 3.10. The number of fused-ring (bicyclic) bond motifs is 3. The molecule has 1 fully saturated rings. The first-order valence-electron chi connectivity index (χ1n) is 10.4. The first kappa shape index (κ1) is 16.7. The van der Waals surface area contributed by atoms with Crippen LogP contribution in [-0.2, 0) is 6.42 Å². The summed E-state index contributed by atoms with van der Waals surface area (Å²) in [5.74, 6) is 1.85. The van der Waals surface area contributed by atoms with E-state index in [1.165, 1.54) is 60.0 Å². The summed E-state index contributed by atoms with van der Waals surface area (Å²) in [7, 11) is 0. The zero-order valence-corrected chi connectivity index (χ0v) is 16.1. The second-order valence-electron chi connectivity index (χ2n) is 8.06. The van der Waals surface area contributed by atoms with Crippen LogP contribution in [-0.4, -0.2) is 0 Å². The highest BCUT2D eigenvalue weighted by atomic mass is 16.3. The van der Waals surface area contributed by atoms with Gasteiger partial charge in [0.25, 0.3) is 0 Å². The maximum Gasteiger partial charge on any atom is 0.158 e. The van der Waals surface area contributed by atoms with Gasteiger partial charge >= 0.3 is 0 Å². The molecule has 1 saturated carbocycles. The molecular formula is C25H27NO. The molecule has 1 aromatic heterocycles. The van der Waals surface area contributed by atoms with Gasteiger partial charge in [0.2, 0.25) is 0 Å². The van der Waals surface area contributed by atoms with Crippen molar-refractivity contribution in [3.8, 4) is 0 Å². The molecular weight excluding hydrogens is 330 g/mol. The summed E-state index contributed by atoms with van der Waals surface area (Å²) in [6.45, 7) is 2.14. The number of hydrogen-bond donors (Lipinski definition) is 1. The summed E-state index contributed by atoms with van der Waals surface area (Å²) >= 11 is 0. The molecule has 2 nitrogen and oxygen atoms in total. The Kier molecular flexibility index (Phi) is 4.27. The largest absolute Gasteiger partial charge is 0.454 e. The van der Waals surface area contributed by atoms with Gasteiger partial charge in [-0.05, 0) is 61.8 Å². The summed E-state index contributed by atoms with van der Waals surface area (Å²) in [4.78, 5) is 0. The molecule has 2 heteroatoms. The van der Waals surface area contributed by atoms with Crippen LogP contribution in [0.15, 0.2) is 53.0 Å². The molecule has 3 aromatic rings. The molecule has 2 aromatic carbocycles. The van der Waals surface area contributed by atoms with E-state index in [1.807, 2.05) is 0 Å². The average molecular weight is 357 g/mol. The van der Waals surface area contributed by atoms with Crippen molar-refractivity contribution in [1.82, 2.24) is 0 Å². The molecule has 1 heterocycles. The number of anilines is 2. The van der Waals surface area contributed by atoms with Crippen LogP contribution in [0.25, 0.3) is 16.5 Å². The molecule has 2 aliphatic rings. The predicted molar refractivity (Wildman–Crippen MR) is 114 cm³/mol.